The first-order chi connectivity index (χ1) is 12.5. The number of methoxy groups -OCH3 is 1. The molecule has 1 unspecified atom stereocenters. The molecule has 1 atom stereocenters. The molecule has 1 aliphatic rings. The molecule has 0 aliphatic carbocycles. The van der Waals surface area contributed by atoms with Gasteiger partial charge >= 0.3 is 0 Å². The van der Waals surface area contributed by atoms with E-state index in [9.17, 15) is 9.59 Å². The molecule has 2 heterocycles. The summed E-state index contributed by atoms with van der Waals surface area (Å²) in [6, 6.07) is 8.91. The summed E-state index contributed by atoms with van der Waals surface area (Å²) in [6.07, 6.45) is 2.03. The van der Waals surface area contributed by atoms with E-state index in [4.69, 9.17) is 4.74 Å². The van der Waals surface area contributed by atoms with E-state index in [0.29, 0.717) is 18.8 Å². The van der Waals surface area contributed by atoms with Crippen LogP contribution in [0.2, 0.25) is 0 Å². The van der Waals surface area contributed by atoms with Crippen molar-refractivity contribution < 1.29 is 9.53 Å². The number of nitrogens with zero attached hydrogens (tertiary/aromatic N) is 2. The van der Waals surface area contributed by atoms with Crippen molar-refractivity contribution in [3.8, 4) is 5.75 Å². The van der Waals surface area contributed by atoms with Gasteiger partial charge in [0.25, 0.3) is 5.56 Å². The lowest BCUT2D eigenvalue weighted by molar-refractivity contribution is -0.131. The maximum Gasteiger partial charge on any atom is 0.251 e. The smallest absolute Gasteiger partial charge is 0.251 e. The standard InChI is InChI=1S/C20H25N3O3/c1-13(2)16-12-18(24)22-20(21-16)17-8-5-9-23(17)19(25)11-14-6-4-7-15(10-14)26-3/h4,6-7,10,12-13,17H,5,8-9,11H2,1-3H3,(H,21,22,24). The molecule has 2 aromatic rings. The third kappa shape index (κ3) is 3.95. The van der Waals surface area contributed by atoms with Crippen molar-refractivity contribution in [2.45, 2.75) is 45.1 Å². The fraction of sp³-hybridized carbons (Fsp3) is 0.450. The van der Waals surface area contributed by atoms with Gasteiger partial charge in [0.1, 0.15) is 11.6 Å². The normalized spacial score (nSPS) is 16.9. The third-order valence-corrected chi connectivity index (χ3v) is 4.75. The molecule has 0 bridgehead atoms. The van der Waals surface area contributed by atoms with E-state index < -0.39 is 0 Å². The molecule has 0 spiro atoms. The number of rotatable bonds is 5. The second kappa shape index (κ2) is 7.72. The van der Waals surface area contributed by atoms with Gasteiger partial charge < -0.3 is 14.6 Å². The first-order valence-electron chi connectivity index (χ1n) is 9.01. The number of ether oxygens (including phenoxy) is 1. The van der Waals surface area contributed by atoms with E-state index in [2.05, 4.69) is 9.97 Å². The van der Waals surface area contributed by atoms with Crippen LogP contribution in [0.5, 0.6) is 5.75 Å². The van der Waals surface area contributed by atoms with Crippen molar-refractivity contribution in [2.75, 3.05) is 13.7 Å². The van der Waals surface area contributed by atoms with Crippen molar-refractivity contribution in [3.05, 3.63) is 57.8 Å². The molecule has 6 heteroatoms. The molecule has 1 amide bonds. The molecule has 6 nitrogen and oxygen atoms in total. The van der Waals surface area contributed by atoms with Crippen LogP contribution in [0.15, 0.2) is 35.1 Å². The van der Waals surface area contributed by atoms with Crippen LogP contribution >= 0.6 is 0 Å². The molecule has 3 rings (SSSR count). The molecular formula is C20H25N3O3. The summed E-state index contributed by atoms with van der Waals surface area (Å²) in [4.78, 5) is 34.1. The molecule has 1 aliphatic heterocycles. The summed E-state index contributed by atoms with van der Waals surface area (Å²) >= 11 is 0. The van der Waals surface area contributed by atoms with Gasteiger partial charge in [-0.05, 0) is 36.5 Å². The summed E-state index contributed by atoms with van der Waals surface area (Å²) in [6.45, 7) is 4.70. The van der Waals surface area contributed by atoms with Crippen molar-refractivity contribution in [3.63, 3.8) is 0 Å². The van der Waals surface area contributed by atoms with E-state index in [1.807, 2.05) is 43.0 Å². The quantitative estimate of drug-likeness (QED) is 0.895. The average Bonchev–Trinajstić information content (AvgIpc) is 3.11. The highest BCUT2D eigenvalue weighted by Crippen LogP contribution is 2.30. The van der Waals surface area contributed by atoms with Gasteiger partial charge in [-0.25, -0.2) is 4.98 Å². The Morgan fingerprint density at radius 1 is 1.38 bits per heavy atom. The monoisotopic (exact) mass is 355 g/mol. The van der Waals surface area contributed by atoms with Crippen molar-refractivity contribution in [1.29, 1.82) is 0 Å². The first-order valence-corrected chi connectivity index (χ1v) is 9.01. The maximum absolute atomic E-state index is 12.9. The predicted molar refractivity (Wildman–Crippen MR) is 99.3 cm³/mol. The third-order valence-electron chi connectivity index (χ3n) is 4.75. The number of aromatic nitrogens is 2. The fourth-order valence-corrected chi connectivity index (χ4v) is 3.36. The van der Waals surface area contributed by atoms with Crippen LogP contribution in [0.25, 0.3) is 0 Å². The van der Waals surface area contributed by atoms with Crippen LogP contribution in [0.3, 0.4) is 0 Å². The fourth-order valence-electron chi connectivity index (χ4n) is 3.36. The highest BCUT2D eigenvalue weighted by atomic mass is 16.5. The second-order valence-electron chi connectivity index (χ2n) is 6.98. The Balaban J connectivity index is 1.81. The van der Waals surface area contributed by atoms with E-state index in [-0.39, 0.29) is 23.4 Å². The number of nitrogens with one attached hydrogen (secondary N) is 1. The van der Waals surface area contributed by atoms with Crippen molar-refractivity contribution in [2.24, 2.45) is 0 Å². The van der Waals surface area contributed by atoms with Gasteiger partial charge in [-0.1, -0.05) is 26.0 Å². The van der Waals surface area contributed by atoms with Gasteiger partial charge in [-0.3, -0.25) is 9.59 Å². The Morgan fingerprint density at radius 2 is 2.19 bits per heavy atom. The summed E-state index contributed by atoms with van der Waals surface area (Å²) in [7, 11) is 1.61. The van der Waals surface area contributed by atoms with Gasteiger partial charge in [-0.2, -0.15) is 0 Å². The number of aromatic amines is 1. The number of amides is 1. The largest absolute Gasteiger partial charge is 0.497 e. The number of carbonyl (C=O) groups is 1. The minimum atomic E-state index is -0.167. The van der Waals surface area contributed by atoms with Gasteiger partial charge in [0.15, 0.2) is 0 Å². The zero-order valence-corrected chi connectivity index (χ0v) is 15.5. The summed E-state index contributed by atoms with van der Waals surface area (Å²) in [5.41, 5.74) is 1.51. The van der Waals surface area contributed by atoms with Gasteiger partial charge in [-0.15, -0.1) is 0 Å². The lowest BCUT2D eigenvalue weighted by Crippen LogP contribution is -2.33. The van der Waals surface area contributed by atoms with E-state index in [1.165, 1.54) is 6.07 Å². The topological polar surface area (TPSA) is 75.3 Å². The second-order valence-corrected chi connectivity index (χ2v) is 6.98. The Hall–Kier alpha value is -2.63. The molecule has 0 radical (unpaired) electrons. The molecule has 1 fully saturated rings. The van der Waals surface area contributed by atoms with E-state index in [0.717, 1.165) is 29.8 Å². The Labute approximate surface area is 153 Å². The molecule has 1 aromatic heterocycles. The Kier molecular flexibility index (Phi) is 5.40. The Morgan fingerprint density at radius 3 is 2.92 bits per heavy atom. The first kappa shape index (κ1) is 18.2. The minimum Gasteiger partial charge on any atom is -0.497 e. The summed E-state index contributed by atoms with van der Waals surface area (Å²) < 4.78 is 5.23. The number of hydrogen-bond acceptors (Lipinski definition) is 4. The van der Waals surface area contributed by atoms with Crippen LogP contribution in [-0.2, 0) is 11.2 Å². The van der Waals surface area contributed by atoms with Crippen molar-refractivity contribution in [1.82, 2.24) is 14.9 Å². The average molecular weight is 355 g/mol. The van der Waals surface area contributed by atoms with Crippen LogP contribution in [0.1, 0.15) is 55.7 Å². The summed E-state index contributed by atoms with van der Waals surface area (Å²) in [5, 5.41) is 0. The Bertz CT molecular complexity index is 844. The van der Waals surface area contributed by atoms with Crippen LogP contribution in [0.4, 0.5) is 0 Å². The van der Waals surface area contributed by atoms with E-state index >= 15 is 0 Å². The van der Waals surface area contributed by atoms with Gasteiger partial charge in [0, 0.05) is 12.6 Å². The van der Waals surface area contributed by atoms with Crippen LogP contribution in [0, 0.1) is 0 Å². The molecule has 1 saturated heterocycles. The molecule has 138 valence electrons. The highest BCUT2D eigenvalue weighted by Gasteiger charge is 2.32. The number of hydrogen-bond donors (Lipinski definition) is 1. The highest BCUT2D eigenvalue weighted by molar-refractivity contribution is 5.79. The molecule has 1 aromatic carbocycles. The minimum absolute atomic E-state index is 0.0401. The SMILES string of the molecule is COc1cccc(CC(=O)N2CCCC2c2nc(C(C)C)cc(=O)[nH]2)c1. The molecule has 0 saturated carbocycles. The lowest BCUT2D eigenvalue weighted by atomic mass is 10.1. The van der Waals surface area contributed by atoms with Crippen LogP contribution in [-0.4, -0.2) is 34.4 Å². The molecular weight excluding hydrogens is 330 g/mol. The molecule has 26 heavy (non-hydrogen) atoms. The summed E-state index contributed by atoms with van der Waals surface area (Å²) in [5.74, 6) is 1.54. The maximum atomic E-state index is 12.9. The zero-order valence-electron chi connectivity index (χ0n) is 15.5. The van der Waals surface area contributed by atoms with Gasteiger partial charge in [0.05, 0.1) is 25.3 Å². The number of benzene rings is 1. The zero-order chi connectivity index (χ0) is 18.7. The van der Waals surface area contributed by atoms with Crippen molar-refractivity contribution >= 4 is 5.91 Å². The van der Waals surface area contributed by atoms with Crippen LogP contribution < -0.4 is 10.3 Å². The number of likely N-dealkylation sites (tertiary alicyclic amines) is 1. The predicted octanol–water partition coefficient (Wildman–Crippen LogP) is 2.81. The lowest BCUT2D eigenvalue weighted by Gasteiger charge is -2.24. The molecule has 1 N–H and O–H groups in total. The number of H-pyrrole nitrogens is 1. The van der Waals surface area contributed by atoms with E-state index in [1.54, 1.807) is 7.11 Å². The van der Waals surface area contributed by atoms with Gasteiger partial charge in [0.2, 0.25) is 5.91 Å². The number of carbonyl (C=O) groups excluding carboxylic acids is 1.